The molecule has 0 atom stereocenters. The minimum absolute atomic E-state index is 0.234. The van der Waals surface area contributed by atoms with E-state index in [1.807, 2.05) is 13.0 Å². The maximum atomic E-state index is 8.89. The summed E-state index contributed by atoms with van der Waals surface area (Å²) >= 11 is 3.40. The molecule has 1 aromatic rings. The number of aliphatic hydroxyl groups is 1. The Balaban J connectivity index is 2.00. The van der Waals surface area contributed by atoms with Crippen molar-refractivity contribution >= 4 is 21.7 Å². The predicted molar refractivity (Wildman–Crippen MR) is 70.2 cm³/mol. The van der Waals surface area contributed by atoms with Gasteiger partial charge in [0.25, 0.3) is 0 Å². The van der Waals surface area contributed by atoms with Gasteiger partial charge in [-0.1, -0.05) is 0 Å². The summed E-state index contributed by atoms with van der Waals surface area (Å²) in [6.45, 7) is 6.74. The molecule has 0 aromatic carbocycles. The summed E-state index contributed by atoms with van der Waals surface area (Å²) in [5, 5.41) is 8.89. The molecular formula is C11H17BrN4O. The summed E-state index contributed by atoms with van der Waals surface area (Å²) in [4.78, 5) is 13.2. The van der Waals surface area contributed by atoms with Crippen LogP contribution in [0.25, 0.3) is 0 Å². The van der Waals surface area contributed by atoms with Crippen molar-refractivity contribution in [2.75, 3.05) is 44.2 Å². The number of nitrogens with zero attached hydrogens (tertiary/aromatic N) is 4. The molecule has 0 radical (unpaired) electrons. The molecule has 0 bridgehead atoms. The van der Waals surface area contributed by atoms with E-state index in [2.05, 4.69) is 35.7 Å². The van der Waals surface area contributed by atoms with Gasteiger partial charge in [0, 0.05) is 38.8 Å². The molecule has 1 N–H and O–H groups in total. The molecule has 0 spiro atoms. The zero-order valence-electron chi connectivity index (χ0n) is 9.93. The number of anilines is 1. The van der Waals surface area contributed by atoms with E-state index in [4.69, 9.17) is 5.11 Å². The van der Waals surface area contributed by atoms with E-state index in [-0.39, 0.29) is 6.61 Å². The van der Waals surface area contributed by atoms with Gasteiger partial charge in [-0.2, -0.15) is 0 Å². The fourth-order valence-corrected chi connectivity index (χ4v) is 2.48. The molecule has 1 fully saturated rings. The van der Waals surface area contributed by atoms with Crippen molar-refractivity contribution in [1.29, 1.82) is 0 Å². The summed E-state index contributed by atoms with van der Waals surface area (Å²) in [5.74, 6) is 1.76. The van der Waals surface area contributed by atoms with Crippen LogP contribution in [0, 0.1) is 6.92 Å². The van der Waals surface area contributed by atoms with Crippen molar-refractivity contribution in [2.24, 2.45) is 0 Å². The van der Waals surface area contributed by atoms with Crippen LogP contribution in [0.15, 0.2) is 10.7 Å². The van der Waals surface area contributed by atoms with E-state index in [1.165, 1.54) is 0 Å². The summed E-state index contributed by atoms with van der Waals surface area (Å²) in [6.07, 6.45) is 0. The third-order valence-electron chi connectivity index (χ3n) is 2.91. The first kappa shape index (κ1) is 12.7. The van der Waals surface area contributed by atoms with Crippen LogP contribution in [-0.2, 0) is 0 Å². The van der Waals surface area contributed by atoms with Crippen LogP contribution in [0.3, 0.4) is 0 Å². The third-order valence-corrected chi connectivity index (χ3v) is 3.31. The number of aryl methyl sites for hydroxylation is 1. The molecule has 6 heteroatoms. The van der Waals surface area contributed by atoms with Gasteiger partial charge in [0.15, 0.2) is 0 Å². The maximum Gasteiger partial charge on any atom is 0.133 e. The Kier molecular flexibility index (Phi) is 4.31. The SMILES string of the molecule is Cc1nc(Br)cc(N2CCN(CCO)CC2)n1. The van der Waals surface area contributed by atoms with E-state index in [0.29, 0.717) is 0 Å². The van der Waals surface area contributed by atoms with Gasteiger partial charge in [0.05, 0.1) is 6.61 Å². The largest absolute Gasteiger partial charge is 0.395 e. The molecule has 0 amide bonds. The maximum absolute atomic E-state index is 8.89. The van der Waals surface area contributed by atoms with Crippen molar-refractivity contribution in [3.8, 4) is 0 Å². The lowest BCUT2D eigenvalue weighted by atomic mass is 10.3. The lowest BCUT2D eigenvalue weighted by Crippen LogP contribution is -2.47. The molecule has 0 saturated carbocycles. The Morgan fingerprint density at radius 3 is 2.59 bits per heavy atom. The van der Waals surface area contributed by atoms with Crippen molar-refractivity contribution in [3.05, 3.63) is 16.5 Å². The lowest BCUT2D eigenvalue weighted by molar-refractivity contribution is 0.188. The quantitative estimate of drug-likeness (QED) is 0.831. The zero-order chi connectivity index (χ0) is 12.3. The smallest absolute Gasteiger partial charge is 0.133 e. The van der Waals surface area contributed by atoms with E-state index in [9.17, 15) is 0 Å². The van der Waals surface area contributed by atoms with Crippen LogP contribution >= 0.6 is 15.9 Å². The number of hydrogen-bond donors (Lipinski definition) is 1. The van der Waals surface area contributed by atoms with E-state index < -0.39 is 0 Å². The monoisotopic (exact) mass is 300 g/mol. The summed E-state index contributed by atoms with van der Waals surface area (Å²) < 4.78 is 0.831. The highest BCUT2D eigenvalue weighted by atomic mass is 79.9. The Morgan fingerprint density at radius 1 is 1.29 bits per heavy atom. The van der Waals surface area contributed by atoms with Gasteiger partial charge < -0.3 is 10.0 Å². The standard InChI is InChI=1S/C11H17BrN4O/c1-9-13-10(12)8-11(14-9)16-4-2-15(3-5-16)6-7-17/h8,17H,2-7H2,1H3. The molecule has 0 unspecified atom stereocenters. The molecule has 5 nitrogen and oxygen atoms in total. The van der Waals surface area contributed by atoms with Crippen LogP contribution in [0.1, 0.15) is 5.82 Å². The van der Waals surface area contributed by atoms with Crippen molar-refractivity contribution in [3.63, 3.8) is 0 Å². The summed E-state index contributed by atoms with van der Waals surface area (Å²) in [6, 6.07) is 1.95. The fourth-order valence-electron chi connectivity index (χ4n) is 2.02. The first-order chi connectivity index (χ1) is 8.19. The molecule has 1 aromatic heterocycles. The minimum Gasteiger partial charge on any atom is -0.395 e. The first-order valence-electron chi connectivity index (χ1n) is 5.78. The molecule has 1 aliphatic rings. The molecular weight excluding hydrogens is 284 g/mol. The number of rotatable bonds is 3. The van der Waals surface area contributed by atoms with Crippen LogP contribution in [0.5, 0.6) is 0 Å². The molecule has 17 heavy (non-hydrogen) atoms. The minimum atomic E-state index is 0.234. The van der Waals surface area contributed by atoms with Gasteiger partial charge >= 0.3 is 0 Å². The van der Waals surface area contributed by atoms with Gasteiger partial charge in [-0.15, -0.1) is 0 Å². The van der Waals surface area contributed by atoms with Crippen LogP contribution in [0.4, 0.5) is 5.82 Å². The highest BCUT2D eigenvalue weighted by molar-refractivity contribution is 9.10. The second kappa shape index (κ2) is 5.75. The molecule has 1 saturated heterocycles. The number of hydrogen-bond acceptors (Lipinski definition) is 5. The Morgan fingerprint density at radius 2 is 2.00 bits per heavy atom. The molecule has 94 valence electrons. The number of β-amino-alcohol motifs (C(OH)–C–C–N with tert-alkyl or cyclic N) is 1. The molecule has 2 heterocycles. The second-order valence-electron chi connectivity index (χ2n) is 4.15. The summed E-state index contributed by atoms with van der Waals surface area (Å²) in [7, 11) is 0. The van der Waals surface area contributed by atoms with Gasteiger partial charge in [-0.05, 0) is 22.9 Å². The summed E-state index contributed by atoms with van der Waals surface area (Å²) in [5.41, 5.74) is 0. The van der Waals surface area contributed by atoms with E-state index in [0.717, 1.165) is 49.0 Å². The van der Waals surface area contributed by atoms with E-state index >= 15 is 0 Å². The fraction of sp³-hybridized carbons (Fsp3) is 0.636. The van der Waals surface area contributed by atoms with Gasteiger partial charge in [-0.3, -0.25) is 4.90 Å². The number of aliphatic hydroxyl groups excluding tert-OH is 1. The third kappa shape index (κ3) is 3.37. The highest BCUT2D eigenvalue weighted by Crippen LogP contribution is 2.17. The number of aromatic nitrogens is 2. The first-order valence-corrected chi connectivity index (χ1v) is 6.57. The zero-order valence-corrected chi connectivity index (χ0v) is 11.5. The van der Waals surface area contributed by atoms with Crippen LogP contribution in [0.2, 0.25) is 0 Å². The average Bonchev–Trinajstić information content (AvgIpc) is 2.29. The Labute approximate surface area is 110 Å². The predicted octanol–water partition coefficient (Wildman–Crippen LogP) is 0.662. The van der Waals surface area contributed by atoms with Gasteiger partial charge in [-0.25, -0.2) is 9.97 Å². The number of piperazine rings is 1. The average molecular weight is 301 g/mol. The second-order valence-corrected chi connectivity index (χ2v) is 4.96. The van der Waals surface area contributed by atoms with Crippen LogP contribution < -0.4 is 4.90 Å². The van der Waals surface area contributed by atoms with Crippen molar-refractivity contribution in [2.45, 2.75) is 6.92 Å². The van der Waals surface area contributed by atoms with Crippen molar-refractivity contribution < 1.29 is 5.11 Å². The van der Waals surface area contributed by atoms with Crippen molar-refractivity contribution in [1.82, 2.24) is 14.9 Å². The highest BCUT2D eigenvalue weighted by Gasteiger charge is 2.18. The number of halogens is 1. The van der Waals surface area contributed by atoms with E-state index in [1.54, 1.807) is 0 Å². The Hall–Kier alpha value is -0.720. The normalized spacial score (nSPS) is 17.5. The van der Waals surface area contributed by atoms with Gasteiger partial charge in [0.2, 0.25) is 0 Å². The molecule has 0 aliphatic carbocycles. The molecule has 1 aliphatic heterocycles. The Bertz CT molecular complexity index is 359. The topological polar surface area (TPSA) is 52.5 Å². The van der Waals surface area contributed by atoms with Crippen LogP contribution in [-0.4, -0.2) is 59.3 Å². The van der Waals surface area contributed by atoms with Gasteiger partial charge in [0.1, 0.15) is 16.2 Å². The lowest BCUT2D eigenvalue weighted by Gasteiger charge is -2.35. The molecule has 2 rings (SSSR count).